The lowest BCUT2D eigenvalue weighted by Crippen LogP contribution is -2.50. The van der Waals surface area contributed by atoms with Crippen LogP contribution in [0.3, 0.4) is 0 Å². The normalized spacial score (nSPS) is 13.4. The van der Waals surface area contributed by atoms with Crippen molar-refractivity contribution in [3.63, 3.8) is 0 Å². The predicted molar refractivity (Wildman–Crippen MR) is 121 cm³/mol. The van der Waals surface area contributed by atoms with Gasteiger partial charge in [0.25, 0.3) is 0 Å². The van der Waals surface area contributed by atoms with Crippen molar-refractivity contribution in [2.75, 3.05) is 17.7 Å². The standard InChI is InChI=1S/C23H32N2O4S/c1-7-21(18-13-12-16(3)17(4)14-18)24-23(26)22(8-2)25(30(6,27)28)19-10-9-11-20(15-19)29-5/h9-15,21-22H,7-8H2,1-6H3,(H,24,26). The molecule has 0 aliphatic rings. The van der Waals surface area contributed by atoms with Gasteiger partial charge < -0.3 is 10.1 Å². The lowest BCUT2D eigenvalue weighted by atomic mass is 9.99. The summed E-state index contributed by atoms with van der Waals surface area (Å²) in [6, 6.07) is 11.8. The number of carbonyl (C=O) groups excluding carboxylic acids is 1. The van der Waals surface area contributed by atoms with Crippen molar-refractivity contribution in [2.24, 2.45) is 0 Å². The first-order valence-corrected chi connectivity index (χ1v) is 12.0. The van der Waals surface area contributed by atoms with Crippen LogP contribution in [-0.4, -0.2) is 33.7 Å². The van der Waals surface area contributed by atoms with E-state index in [4.69, 9.17) is 4.74 Å². The summed E-state index contributed by atoms with van der Waals surface area (Å²) in [5.41, 5.74) is 3.75. The minimum Gasteiger partial charge on any atom is -0.497 e. The number of nitrogens with zero attached hydrogens (tertiary/aromatic N) is 1. The number of carbonyl (C=O) groups is 1. The average molecular weight is 433 g/mol. The van der Waals surface area contributed by atoms with E-state index in [0.29, 0.717) is 24.3 Å². The Morgan fingerprint density at radius 2 is 1.77 bits per heavy atom. The Balaban J connectivity index is 2.37. The van der Waals surface area contributed by atoms with Gasteiger partial charge in [0, 0.05) is 6.07 Å². The molecule has 0 aliphatic carbocycles. The first kappa shape index (κ1) is 23.7. The van der Waals surface area contributed by atoms with Gasteiger partial charge in [0.1, 0.15) is 11.8 Å². The summed E-state index contributed by atoms with van der Waals surface area (Å²) in [5.74, 6) is 0.203. The molecule has 30 heavy (non-hydrogen) atoms. The highest BCUT2D eigenvalue weighted by atomic mass is 32.2. The fourth-order valence-electron chi connectivity index (χ4n) is 3.48. The highest BCUT2D eigenvalue weighted by molar-refractivity contribution is 7.92. The van der Waals surface area contributed by atoms with Crippen molar-refractivity contribution in [2.45, 2.75) is 52.6 Å². The Morgan fingerprint density at radius 1 is 1.07 bits per heavy atom. The molecule has 0 radical (unpaired) electrons. The average Bonchev–Trinajstić information content (AvgIpc) is 2.71. The van der Waals surface area contributed by atoms with E-state index in [0.717, 1.165) is 17.4 Å². The molecular weight excluding hydrogens is 400 g/mol. The fraction of sp³-hybridized carbons (Fsp3) is 0.435. The number of aryl methyl sites for hydroxylation is 2. The molecule has 0 spiro atoms. The fourth-order valence-corrected chi connectivity index (χ4v) is 4.68. The Morgan fingerprint density at radius 3 is 2.30 bits per heavy atom. The van der Waals surface area contributed by atoms with Gasteiger partial charge in [-0.3, -0.25) is 9.10 Å². The van der Waals surface area contributed by atoms with Crippen LogP contribution in [0.4, 0.5) is 5.69 Å². The Labute approximate surface area is 180 Å². The lowest BCUT2D eigenvalue weighted by Gasteiger charge is -2.31. The second kappa shape index (κ2) is 9.98. The third-order valence-corrected chi connectivity index (χ3v) is 6.48. The van der Waals surface area contributed by atoms with E-state index in [1.54, 1.807) is 31.2 Å². The summed E-state index contributed by atoms with van der Waals surface area (Å²) in [7, 11) is -2.18. The minimum absolute atomic E-state index is 0.197. The van der Waals surface area contributed by atoms with Gasteiger partial charge in [-0.1, -0.05) is 38.1 Å². The van der Waals surface area contributed by atoms with Gasteiger partial charge in [-0.05, 0) is 55.5 Å². The Hall–Kier alpha value is -2.54. The molecule has 7 heteroatoms. The van der Waals surface area contributed by atoms with Crippen molar-refractivity contribution in [1.29, 1.82) is 0 Å². The molecule has 2 unspecified atom stereocenters. The van der Waals surface area contributed by atoms with Crippen LogP contribution in [0.15, 0.2) is 42.5 Å². The molecule has 0 aliphatic heterocycles. The van der Waals surface area contributed by atoms with E-state index in [1.165, 1.54) is 17.0 Å². The van der Waals surface area contributed by atoms with Crippen molar-refractivity contribution in [3.8, 4) is 5.75 Å². The van der Waals surface area contributed by atoms with Crippen molar-refractivity contribution in [1.82, 2.24) is 5.32 Å². The summed E-state index contributed by atoms with van der Waals surface area (Å²) < 4.78 is 31.7. The van der Waals surface area contributed by atoms with Crippen LogP contribution >= 0.6 is 0 Å². The maximum atomic E-state index is 13.2. The highest BCUT2D eigenvalue weighted by Gasteiger charge is 2.32. The molecule has 2 rings (SSSR count). The topological polar surface area (TPSA) is 75.7 Å². The number of anilines is 1. The number of rotatable bonds is 9. The molecule has 164 valence electrons. The number of methoxy groups -OCH3 is 1. The predicted octanol–water partition coefficient (Wildman–Crippen LogP) is 4.12. The van der Waals surface area contributed by atoms with Gasteiger partial charge in [-0.2, -0.15) is 0 Å². The molecule has 0 heterocycles. The van der Waals surface area contributed by atoms with Gasteiger partial charge in [-0.25, -0.2) is 8.42 Å². The summed E-state index contributed by atoms with van der Waals surface area (Å²) in [6.07, 6.45) is 2.14. The van der Waals surface area contributed by atoms with Crippen molar-refractivity contribution >= 4 is 21.6 Å². The summed E-state index contributed by atoms with van der Waals surface area (Å²) in [5, 5.41) is 3.06. The first-order chi connectivity index (χ1) is 14.1. The smallest absolute Gasteiger partial charge is 0.244 e. The van der Waals surface area contributed by atoms with Crippen LogP contribution in [0, 0.1) is 13.8 Å². The molecule has 2 aromatic carbocycles. The van der Waals surface area contributed by atoms with Crippen LogP contribution < -0.4 is 14.4 Å². The number of hydrogen-bond donors (Lipinski definition) is 1. The molecular formula is C23H32N2O4S. The molecule has 2 aromatic rings. The molecule has 1 amide bonds. The largest absolute Gasteiger partial charge is 0.497 e. The zero-order valence-electron chi connectivity index (χ0n) is 18.6. The van der Waals surface area contributed by atoms with E-state index in [2.05, 4.69) is 11.4 Å². The van der Waals surface area contributed by atoms with Crippen molar-refractivity contribution in [3.05, 3.63) is 59.2 Å². The van der Waals surface area contributed by atoms with Gasteiger partial charge in [0.05, 0.1) is 25.1 Å². The van der Waals surface area contributed by atoms with E-state index in [1.807, 2.05) is 32.9 Å². The minimum atomic E-state index is -3.70. The molecule has 0 fully saturated rings. The Bertz CT molecular complexity index is 988. The molecule has 0 saturated carbocycles. The monoisotopic (exact) mass is 432 g/mol. The number of sulfonamides is 1. The van der Waals surface area contributed by atoms with Gasteiger partial charge in [0.2, 0.25) is 15.9 Å². The number of ether oxygens (including phenoxy) is 1. The zero-order valence-corrected chi connectivity index (χ0v) is 19.4. The summed E-state index contributed by atoms with van der Waals surface area (Å²) in [6.45, 7) is 7.89. The second-order valence-electron chi connectivity index (χ2n) is 7.50. The number of benzene rings is 2. The molecule has 1 N–H and O–H groups in total. The number of nitrogens with one attached hydrogen (secondary N) is 1. The first-order valence-electron chi connectivity index (χ1n) is 10.1. The number of amides is 1. The van der Waals surface area contributed by atoms with Gasteiger partial charge in [-0.15, -0.1) is 0 Å². The summed E-state index contributed by atoms with van der Waals surface area (Å²) >= 11 is 0. The quantitative estimate of drug-likeness (QED) is 0.647. The van der Waals surface area contributed by atoms with Crippen LogP contribution in [-0.2, 0) is 14.8 Å². The maximum absolute atomic E-state index is 13.2. The third kappa shape index (κ3) is 5.53. The second-order valence-corrected chi connectivity index (χ2v) is 9.36. The van der Waals surface area contributed by atoms with E-state index in [9.17, 15) is 13.2 Å². The molecule has 0 saturated heterocycles. The van der Waals surface area contributed by atoms with Gasteiger partial charge >= 0.3 is 0 Å². The lowest BCUT2D eigenvalue weighted by molar-refractivity contribution is -0.123. The van der Waals surface area contributed by atoms with E-state index >= 15 is 0 Å². The van der Waals surface area contributed by atoms with Gasteiger partial charge in [0.15, 0.2) is 0 Å². The molecule has 0 bridgehead atoms. The summed E-state index contributed by atoms with van der Waals surface area (Å²) in [4.78, 5) is 13.2. The van der Waals surface area contributed by atoms with E-state index < -0.39 is 16.1 Å². The third-order valence-electron chi connectivity index (χ3n) is 5.30. The Kier molecular flexibility index (Phi) is 7.89. The molecule has 2 atom stereocenters. The molecule has 0 aromatic heterocycles. The zero-order chi connectivity index (χ0) is 22.5. The van der Waals surface area contributed by atoms with Crippen LogP contribution in [0.5, 0.6) is 5.75 Å². The van der Waals surface area contributed by atoms with Crippen LogP contribution in [0.2, 0.25) is 0 Å². The van der Waals surface area contributed by atoms with Crippen LogP contribution in [0.1, 0.15) is 49.4 Å². The van der Waals surface area contributed by atoms with Crippen LogP contribution in [0.25, 0.3) is 0 Å². The highest BCUT2D eigenvalue weighted by Crippen LogP contribution is 2.27. The molecule has 6 nitrogen and oxygen atoms in total. The number of hydrogen-bond acceptors (Lipinski definition) is 4. The van der Waals surface area contributed by atoms with Crippen molar-refractivity contribution < 1.29 is 17.9 Å². The van der Waals surface area contributed by atoms with E-state index in [-0.39, 0.29) is 11.9 Å². The maximum Gasteiger partial charge on any atom is 0.244 e. The SMILES string of the molecule is CCC(NC(=O)C(CC)N(c1cccc(OC)c1)S(C)(=O)=O)c1ccc(C)c(C)c1.